The summed E-state index contributed by atoms with van der Waals surface area (Å²) < 4.78 is 76.3. The average Bonchev–Trinajstić information content (AvgIpc) is 1.60. The lowest BCUT2D eigenvalue weighted by Crippen LogP contribution is -2.47. The van der Waals surface area contributed by atoms with Gasteiger partial charge in [0.25, 0.3) is 10.1 Å². The number of benzene rings is 8. The maximum Gasteiger partial charge on any atom is 0.410 e. The Bertz CT molecular complexity index is 5940. The summed E-state index contributed by atoms with van der Waals surface area (Å²) in [6.07, 6.45) is 6.04. The van der Waals surface area contributed by atoms with Gasteiger partial charge in [-0.25, -0.2) is 19.2 Å². The lowest BCUT2D eigenvalue weighted by Gasteiger charge is -2.40. The highest BCUT2D eigenvalue weighted by Gasteiger charge is 2.52. The number of hydrogen-bond acceptors (Lipinski definition) is 17. The fourth-order valence-electron chi connectivity index (χ4n) is 17.0. The van der Waals surface area contributed by atoms with Crippen molar-refractivity contribution in [3.63, 3.8) is 0 Å². The van der Waals surface area contributed by atoms with E-state index in [1.54, 1.807) is 43.9 Å². The summed E-state index contributed by atoms with van der Waals surface area (Å²) in [6, 6.07) is 38.0. The molecule has 4 saturated heterocycles. The standard InChI is InChI=1S/C26H32ClNO6S.C20H25ClN2O3.C19H26ClNO4.C19H26ClNO3.C9H8BrCl.C7H5BrClI.C7H6BrCl/c1-17-6-8-19(9-7-17)35(30,31)32-16-23-20-14-18(2)22(27)15-21(20)26(33-23)10-12-28(13-11-26)24(29)34-25(3,4)5;1-13-11-14-15(12-16(13)21)20(25-17(14)5-8-22)6-9-23(10-7-20)18(24)26-19(2,3)4;1-12-9-13-14(10-15(12)20)19(24-16(13)11-22)5-7-21(8-6-19)17(23)25-18(2,3)4;1-6-14-11-13(2)16(20)12-15(14)19(23)7-9-21(10-8-19)17(22)24-18(3,4)5;1-3-7-4-6(2)9(11)5-8(7)10;1-4-2-7(10)5(8)3-6(4)9;1-5-2-3-6(8)4-7(5)9/h6-9,14-15,23H,10-13,16H2,1-5H3;11-12,17H,5-7,9-10H2,1-4H3;9-10,16,22H,5-8,11H2,1-4H3;6,11-12,23H,1,7-10H2,2-5H3;3-5H,1H2,2H3;2-3H,1H3;2-4H,1H3. The van der Waals surface area contributed by atoms with Crippen molar-refractivity contribution in [2.45, 2.75) is 264 Å². The highest BCUT2D eigenvalue weighted by atomic mass is 127. The molecular weight excluding hydrogens is 2260 g/mol. The Hall–Kier alpha value is -6.28. The van der Waals surface area contributed by atoms with Crippen LogP contribution in [0.25, 0.3) is 12.2 Å². The Morgan fingerprint density at radius 1 is 0.443 bits per heavy atom. The fourth-order valence-corrected chi connectivity index (χ4v) is 21.3. The molecule has 0 saturated carbocycles. The zero-order chi connectivity index (χ0) is 104. The largest absolute Gasteiger partial charge is 0.444 e. The average molecular weight is 2390 g/mol. The summed E-state index contributed by atoms with van der Waals surface area (Å²) in [6.45, 7) is 49.1. The van der Waals surface area contributed by atoms with E-state index in [0.29, 0.717) is 130 Å². The lowest BCUT2D eigenvalue weighted by atomic mass is 9.81. The normalized spacial score (nSPS) is 17.9. The van der Waals surface area contributed by atoms with E-state index < -0.39 is 61.0 Å². The van der Waals surface area contributed by atoms with Gasteiger partial charge < -0.3 is 63.0 Å². The van der Waals surface area contributed by atoms with Crippen molar-refractivity contribution in [1.29, 1.82) is 5.26 Å². The van der Waals surface area contributed by atoms with Crippen molar-refractivity contribution in [3.05, 3.63) is 275 Å². The van der Waals surface area contributed by atoms with Crippen LogP contribution >= 0.6 is 152 Å². The zero-order valence-corrected chi connectivity index (χ0v) is 96.1. The maximum absolute atomic E-state index is 12.8. The molecule has 4 fully saturated rings. The van der Waals surface area contributed by atoms with Gasteiger partial charge in [0.1, 0.15) is 34.6 Å². The van der Waals surface area contributed by atoms with Crippen LogP contribution in [0.15, 0.2) is 147 Å². The van der Waals surface area contributed by atoms with Crippen molar-refractivity contribution in [2.24, 2.45) is 0 Å². The number of nitriles is 1. The van der Waals surface area contributed by atoms with Gasteiger partial charge in [-0.1, -0.05) is 186 Å². The van der Waals surface area contributed by atoms with Crippen molar-refractivity contribution >= 4 is 198 Å². The monoisotopic (exact) mass is 2380 g/mol. The number of carbonyl (C=O) groups excluding carboxylic acids is 4. The Kier molecular flexibility index (Phi) is 41.1. The quantitative estimate of drug-likeness (QED) is 0.0589. The van der Waals surface area contributed by atoms with Gasteiger partial charge in [0.05, 0.1) is 59.1 Å². The van der Waals surface area contributed by atoms with Crippen LogP contribution in [0.2, 0.25) is 35.2 Å². The van der Waals surface area contributed by atoms with Crippen molar-refractivity contribution in [2.75, 3.05) is 65.6 Å². The molecule has 3 atom stereocenters. The van der Waals surface area contributed by atoms with Gasteiger partial charge in [0, 0.05) is 105 Å². The van der Waals surface area contributed by atoms with Gasteiger partial charge in [-0.2, -0.15) is 13.7 Å². The fraction of sp³-hybridized carbons (Fsp3) is 0.467. The third-order valence-corrected chi connectivity index (χ3v) is 32.1. The number of rotatable bonds is 9. The van der Waals surface area contributed by atoms with E-state index in [2.05, 4.69) is 89.6 Å². The molecule has 0 aliphatic carbocycles. The third kappa shape index (κ3) is 31.2. The lowest BCUT2D eigenvalue weighted by molar-refractivity contribution is -0.121. The SMILES string of the molecule is C=Cc1cc(C)c(Cl)cc1Br.C=Cc1cc(C)c(Cl)cc1C1(O)CCN(C(=O)OC(C)(C)C)CC1.Cc1cc(I)c(Br)cc1Cl.Cc1cc2c(cc1Cl)C1(CCN(C(=O)OC(C)(C)C)CC1)OC2CC#N.Cc1cc2c(cc1Cl)C1(CCN(C(=O)OC(C)(C)C)CC1)OC2CO.Cc1ccc(Br)cc1Cl.Cc1ccc(S(=O)(=O)OCC2OC3(CCN(C(=O)OC(C)(C)C)CC3)c3cc(Cl)c(C)cc32)cc1. The summed E-state index contributed by atoms with van der Waals surface area (Å²) in [5.41, 5.74) is 12.0. The van der Waals surface area contributed by atoms with Crippen LogP contribution in [0.1, 0.15) is 254 Å². The van der Waals surface area contributed by atoms with E-state index in [9.17, 15) is 37.8 Å². The molecule has 0 bridgehead atoms. The number of hydrogen-bond donors (Lipinski definition) is 2. The van der Waals surface area contributed by atoms with Crippen LogP contribution in [-0.4, -0.2) is 151 Å². The van der Waals surface area contributed by atoms with Crippen LogP contribution in [0.5, 0.6) is 0 Å². The van der Waals surface area contributed by atoms with Crippen molar-refractivity contribution in [3.8, 4) is 6.07 Å². The van der Waals surface area contributed by atoms with Gasteiger partial charge in [-0.05, 0) is 390 Å². The predicted octanol–water partition coefficient (Wildman–Crippen LogP) is 30.4. The minimum absolute atomic E-state index is 0.0639. The second kappa shape index (κ2) is 49.0. The molecule has 0 radical (unpaired) electrons. The molecule has 33 heteroatoms. The number of ether oxygens (including phenoxy) is 7. The summed E-state index contributed by atoms with van der Waals surface area (Å²) in [7, 11) is -3.94. The molecule has 3 unspecified atom stereocenters. The Morgan fingerprint density at radius 2 is 0.757 bits per heavy atom. The van der Waals surface area contributed by atoms with Gasteiger partial charge >= 0.3 is 24.4 Å². The number of amides is 4. The summed E-state index contributed by atoms with van der Waals surface area (Å²) >= 11 is 55.3. The third-order valence-electron chi connectivity index (χ3n) is 24.5. The van der Waals surface area contributed by atoms with Crippen LogP contribution in [0, 0.1) is 70.3 Å². The van der Waals surface area contributed by atoms with Gasteiger partial charge in [-0.3, -0.25) is 4.18 Å². The first-order valence-electron chi connectivity index (χ1n) is 46.2. The van der Waals surface area contributed by atoms with Gasteiger partial charge in [-0.15, -0.1) is 0 Å². The molecule has 140 heavy (non-hydrogen) atoms. The smallest absolute Gasteiger partial charge is 0.410 e. The van der Waals surface area contributed by atoms with E-state index in [0.717, 1.165) is 123 Å². The Balaban J connectivity index is 0.000000191. The molecule has 15 rings (SSSR count). The second-order valence-corrected chi connectivity index (χ2v) is 48.2. The topological polar surface area (TPSA) is 253 Å². The molecule has 7 aliphatic heterocycles. The molecule has 8 aromatic carbocycles. The minimum Gasteiger partial charge on any atom is -0.444 e. The summed E-state index contributed by atoms with van der Waals surface area (Å²) in [4.78, 5) is 56.2. The van der Waals surface area contributed by atoms with Crippen LogP contribution in [0.3, 0.4) is 0 Å². The molecule has 2 N–H and O–H groups in total. The maximum atomic E-state index is 12.8. The molecule has 7 heterocycles. The number of piperidine rings is 4. The summed E-state index contributed by atoms with van der Waals surface area (Å²) in [5.74, 6) is 0. The molecule has 21 nitrogen and oxygen atoms in total. The van der Waals surface area contributed by atoms with E-state index in [1.165, 1.54) is 15.7 Å². The Morgan fingerprint density at radius 3 is 1.11 bits per heavy atom. The summed E-state index contributed by atoms with van der Waals surface area (Å²) in [5, 5.41) is 35.0. The van der Waals surface area contributed by atoms with Gasteiger partial charge in [0.2, 0.25) is 0 Å². The molecule has 4 amide bonds. The van der Waals surface area contributed by atoms with Crippen LogP contribution in [-0.2, 0) is 69.9 Å². The number of halogens is 11. The number of likely N-dealkylation sites (tertiary alicyclic amines) is 4. The number of aliphatic hydroxyl groups excluding tert-OH is 1. The van der Waals surface area contributed by atoms with Crippen LogP contribution in [0.4, 0.5) is 19.2 Å². The molecule has 760 valence electrons. The molecule has 3 spiro atoms. The highest BCUT2D eigenvalue weighted by Crippen LogP contribution is 2.55. The van der Waals surface area contributed by atoms with E-state index >= 15 is 0 Å². The number of carbonyl (C=O) groups is 4. The second-order valence-electron chi connectivity index (χ2n) is 40.0. The first kappa shape index (κ1) is 117. The van der Waals surface area contributed by atoms with Crippen molar-refractivity contribution in [1.82, 2.24) is 19.6 Å². The van der Waals surface area contributed by atoms with Crippen LogP contribution < -0.4 is 0 Å². The highest BCUT2D eigenvalue weighted by molar-refractivity contribution is 14.1. The van der Waals surface area contributed by atoms with E-state index in [1.807, 2.05) is 229 Å². The van der Waals surface area contributed by atoms with E-state index in [-0.39, 0.29) is 54.7 Å². The first-order valence-corrected chi connectivity index (χ1v) is 53.7. The molecular formula is C107H128Br3Cl7IN5O16S. The van der Waals surface area contributed by atoms with E-state index in [4.69, 9.17) is 124 Å². The molecule has 8 aromatic rings. The number of fused-ring (bicyclic) bond motifs is 6. The number of aliphatic hydroxyl groups is 2. The predicted molar refractivity (Wildman–Crippen MR) is 580 cm³/mol. The van der Waals surface area contributed by atoms with Crippen molar-refractivity contribution < 1.29 is 75.2 Å². The number of aryl methyl sites for hydroxylation is 8. The molecule has 0 aromatic heterocycles. The minimum atomic E-state index is -3.94. The zero-order valence-electron chi connectivity index (χ0n) is 83.1. The first-order chi connectivity index (χ1) is 65.1. The molecule has 7 aliphatic rings. The van der Waals surface area contributed by atoms with Gasteiger partial charge in [0.15, 0.2) is 0 Å². The Labute approximate surface area is 900 Å². The number of nitrogens with zero attached hydrogens (tertiary/aromatic N) is 5.